The van der Waals surface area contributed by atoms with E-state index in [0.29, 0.717) is 23.9 Å². The van der Waals surface area contributed by atoms with Gasteiger partial charge in [0.2, 0.25) is 11.9 Å². The number of urea groups is 1. The lowest BCUT2D eigenvalue weighted by Gasteiger charge is -2.45. The molecule has 0 spiro atoms. The lowest BCUT2D eigenvalue weighted by atomic mass is 10.2. The molecule has 1 aromatic carbocycles. The Bertz CT molecular complexity index is 958. The third-order valence-electron chi connectivity index (χ3n) is 5.51. The minimum Gasteiger partial charge on any atom is -0.326 e. The second-order valence-corrected chi connectivity index (χ2v) is 7.63. The topological polar surface area (TPSA) is 93.7 Å². The second-order valence-electron chi connectivity index (χ2n) is 7.63. The molecule has 1 saturated carbocycles. The van der Waals surface area contributed by atoms with Crippen LogP contribution in [0.5, 0.6) is 0 Å². The highest BCUT2D eigenvalue weighted by molar-refractivity contribution is 5.98. The molecule has 1 aromatic heterocycles. The van der Waals surface area contributed by atoms with Crippen molar-refractivity contribution in [1.29, 1.82) is 0 Å². The van der Waals surface area contributed by atoms with Crippen LogP contribution in [0.4, 0.5) is 33.6 Å². The molecule has 2 N–H and O–H groups in total. The molecule has 30 heavy (non-hydrogen) atoms. The van der Waals surface area contributed by atoms with E-state index in [1.807, 2.05) is 31.2 Å². The predicted molar refractivity (Wildman–Crippen MR) is 117 cm³/mol. The molecule has 158 valence electrons. The van der Waals surface area contributed by atoms with Gasteiger partial charge in [0, 0.05) is 31.9 Å². The van der Waals surface area contributed by atoms with E-state index in [0.717, 1.165) is 37.2 Å². The molecule has 0 saturated heterocycles. The van der Waals surface area contributed by atoms with Crippen LogP contribution in [0.3, 0.4) is 0 Å². The van der Waals surface area contributed by atoms with Crippen LogP contribution in [0.15, 0.2) is 30.5 Å². The van der Waals surface area contributed by atoms with Gasteiger partial charge < -0.3 is 10.6 Å². The molecular formula is C21H27N7O2. The molecule has 4 rings (SSSR count). The van der Waals surface area contributed by atoms with Crippen molar-refractivity contribution in [3.05, 3.63) is 30.5 Å². The number of hydrogen-bond acceptors (Lipinski definition) is 6. The maximum Gasteiger partial charge on any atom is 0.343 e. The van der Waals surface area contributed by atoms with Crippen molar-refractivity contribution in [3.8, 4) is 0 Å². The quantitative estimate of drug-likeness (QED) is 0.781. The lowest BCUT2D eigenvalue weighted by Crippen LogP contribution is -2.59. The summed E-state index contributed by atoms with van der Waals surface area (Å²) >= 11 is 0. The van der Waals surface area contributed by atoms with Gasteiger partial charge in [-0.3, -0.25) is 14.7 Å². The monoisotopic (exact) mass is 409 g/mol. The van der Waals surface area contributed by atoms with Gasteiger partial charge in [0.05, 0.1) is 12.2 Å². The Hall–Kier alpha value is -3.36. The zero-order chi connectivity index (χ0) is 21.3. The Labute approximate surface area is 176 Å². The van der Waals surface area contributed by atoms with E-state index >= 15 is 0 Å². The Kier molecular flexibility index (Phi) is 5.43. The van der Waals surface area contributed by atoms with Crippen molar-refractivity contribution in [2.45, 2.75) is 45.6 Å². The fraction of sp³-hybridized carbons (Fsp3) is 0.429. The van der Waals surface area contributed by atoms with Crippen LogP contribution in [-0.2, 0) is 4.79 Å². The molecule has 0 unspecified atom stereocenters. The minimum absolute atomic E-state index is 0.0655. The van der Waals surface area contributed by atoms with Crippen LogP contribution < -0.4 is 20.5 Å². The highest BCUT2D eigenvalue weighted by Crippen LogP contribution is 2.38. The number of carbonyl (C=O) groups is 2. The van der Waals surface area contributed by atoms with E-state index in [9.17, 15) is 9.59 Å². The van der Waals surface area contributed by atoms with Crippen LogP contribution >= 0.6 is 0 Å². The van der Waals surface area contributed by atoms with Gasteiger partial charge in [-0.2, -0.15) is 4.98 Å². The van der Waals surface area contributed by atoms with Gasteiger partial charge in [-0.25, -0.2) is 14.8 Å². The zero-order valence-corrected chi connectivity index (χ0v) is 17.6. The second kappa shape index (κ2) is 8.17. The first-order valence-electron chi connectivity index (χ1n) is 10.3. The maximum atomic E-state index is 12.9. The summed E-state index contributed by atoms with van der Waals surface area (Å²) in [5.74, 6) is 1.05. The van der Waals surface area contributed by atoms with Crippen molar-refractivity contribution in [2.24, 2.45) is 0 Å². The van der Waals surface area contributed by atoms with E-state index in [1.54, 1.807) is 23.2 Å². The van der Waals surface area contributed by atoms with Gasteiger partial charge in [-0.15, -0.1) is 0 Å². The number of benzene rings is 1. The Morgan fingerprint density at radius 2 is 1.97 bits per heavy atom. The lowest BCUT2D eigenvalue weighted by molar-refractivity contribution is -0.114. The molecular weight excluding hydrogens is 382 g/mol. The number of fused-ring (bicyclic) bond motifs is 1. The van der Waals surface area contributed by atoms with Crippen LogP contribution in [0.1, 0.15) is 39.5 Å². The molecule has 2 heterocycles. The maximum absolute atomic E-state index is 12.9. The number of hydrazine groups is 1. The number of hydrogen-bond donors (Lipinski definition) is 2. The summed E-state index contributed by atoms with van der Waals surface area (Å²) in [7, 11) is 1.75. The highest BCUT2D eigenvalue weighted by Gasteiger charge is 2.39. The molecule has 2 aromatic rings. The summed E-state index contributed by atoms with van der Waals surface area (Å²) in [5, 5.41) is 9.82. The average molecular weight is 409 g/mol. The third kappa shape index (κ3) is 3.74. The average Bonchev–Trinajstić information content (AvgIpc) is 3.24. The number of carbonyl (C=O) groups excluding carboxylic acids is 2. The van der Waals surface area contributed by atoms with Crippen molar-refractivity contribution in [2.75, 3.05) is 34.1 Å². The Morgan fingerprint density at radius 3 is 2.67 bits per heavy atom. The van der Waals surface area contributed by atoms with Crippen LogP contribution in [0.2, 0.25) is 0 Å². The minimum atomic E-state index is -0.128. The molecule has 0 atom stereocenters. The van der Waals surface area contributed by atoms with E-state index in [2.05, 4.69) is 20.6 Å². The van der Waals surface area contributed by atoms with Crippen molar-refractivity contribution in [3.63, 3.8) is 0 Å². The Balaban J connectivity index is 1.68. The molecule has 0 bridgehead atoms. The molecule has 1 fully saturated rings. The summed E-state index contributed by atoms with van der Waals surface area (Å²) in [6, 6.07) is 7.57. The fourth-order valence-electron chi connectivity index (χ4n) is 4.13. The number of aromatic nitrogens is 2. The van der Waals surface area contributed by atoms with Gasteiger partial charge in [0.15, 0.2) is 5.82 Å². The molecule has 9 heteroatoms. The number of rotatable bonds is 5. The normalized spacial score (nSPS) is 16.6. The molecule has 9 nitrogen and oxygen atoms in total. The molecule has 0 radical (unpaired) electrons. The standard InChI is InChI=1S/C21H27N7O2/c1-4-27-21(30)26(3)18-13-22-20(25-19(18)28(27)17-10-5-6-11-17)24-16-9-7-8-15(12-16)23-14(2)29/h7-9,12-13,17H,4-6,10-11H2,1-3H3,(H,23,29)(H,22,24,25). The SMILES string of the molecule is CCN1C(=O)N(C)c2cnc(Nc3cccc(NC(C)=O)c3)nc2N1C1CCCC1. The first-order valence-corrected chi connectivity index (χ1v) is 10.3. The largest absolute Gasteiger partial charge is 0.343 e. The molecule has 2 aliphatic rings. The number of nitrogens with zero attached hydrogens (tertiary/aromatic N) is 5. The summed E-state index contributed by atoms with van der Waals surface area (Å²) in [5.41, 5.74) is 2.16. The Morgan fingerprint density at radius 1 is 1.23 bits per heavy atom. The van der Waals surface area contributed by atoms with Crippen LogP contribution in [0, 0.1) is 0 Å². The first-order chi connectivity index (χ1) is 14.5. The van der Waals surface area contributed by atoms with Crippen molar-refractivity contribution >= 4 is 40.8 Å². The molecule has 3 amide bonds. The number of nitrogens with one attached hydrogen (secondary N) is 2. The molecule has 1 aliphatic heterocycles. The van der Waals surface area contributed by atoms with Crippen molar-refractivity contribution < 1.29 is 9.59 Å². The van der Waals surface area contributed by atoms with Gasteiger partial charge in [0.1, 0.15) is 5.69 Å². The third-order valence-corrected chi connectivity index (χ3v) is 5.51. The highest BCUT2D eigenvalue weighted by atomic mass is 16.2. The van der Waals surface area contributed by atoms with Crippen LogP contribution in [-0.4, -0.2) is 46.5 Å². The summed E-state index contributed by atoms with van der Waals surface area (Å²) < 4.78 is 0. The van der Waals surface area contributed by atoms with Gasteiger partial charge >= 0.3 is 6.03 Å². The van der Waals surface area contributed by atoms with Gasteiger partial charge in [-0.1, -0.05) is 18.9 Å². The predicted octanol–water partition coefficient (Wildman–Crippen LogP) is 3.73. The van der Waals surface area contributed by atoms with E-state index < -0.39 is 0 Å². The van der Waals surface area contributed by atoms with Gasteiger partial charge in [-0.05, 0) is 38.0 Å². The van der Waals surface area contributed by atoms with E-state index in [-0.39, 0.29) is 18.0 Å². The number of anilines is 5. The molecule has 1 aliphatic carbocycles. The first kappa shape index (κ1) is 19.9. The zero-order valence-electron chi connectivity index (χ0n) is 17.6. The fourth-order valence-corrected chi connectivity index (χ4v) is 4.13. The smallest absolute Gasteiger partial charge is 0.326 e. The van der Waals surface area contributed by atoms with E-state index in [1.165, 1.54) is 6.92 Å². The summed E-state index contributed by atoms with van der Waals surface area (Å²) in [6.07, 6.45) is 6.08. The van der Waals surface area contributed by atoms with Crippen molar-refractivity contribution in [1.82, 2.24) is 15.0 Å². The van der Waals surface area contributed by atoms with Gasteiger partial charge in [0.25, 0.3) is 0 Å². The van der Waals surface area contributed by atoms with Crippen LogP contribution in [0.25, 0.3) is 0 Å². The summed E-state index contributed by atoms with van der Waals surface area (Å²) in [4.78, 5) is 35.0. The number of amides is 3. The van der Waals surface area contributed by atoms with E-state index in [4.69, 9.17) is 4.98 Å². The summed E-state index contributed by atoms with van der Waals surface area (Å²) in [6.45, 7) is 4.03.